The van der Waals surface area contributed by atoms with Crippen LogP contribution < -0.4 is 5.32 Å². The van der Waals surface area contributed by atoms with Gasteiger partial charge in [0.05, 0.1) is 25.5 Å². The molecule has 1 N–H and O–H groups in total. The van der Waals surface area contributed by atoms with Crippen LogP contribution in [0.5, 0.6) is 0 Å². The second-order valence-corrected chi connectivity index (χ2v) is 5.13. The van der Waals surface area contributed by atoms with Crippen molar-refractivity contribution in [3.8, 4) is 0 Å². The van der Waals surface area contributed by atoms with Crippen LogP contribution in [-0.4, -0.2) is 29.5 Å². The zero-order valence-electron chi connectivity index (χ0n) is 10.1. The highest BCUT2D eigenvalue weighted by Crippen LogP contribution is 2.25. The van der Waals surface area contributed by atoms with Crippen molar-refractivity contribution in [3.63, 3.8) is 0 Å². The average molecular weight is 264 g/mol. The first-order valence-electron chi connectivity index (χ1n) is 5.99. The fraction of sp³-hybridized carbons (Fsp3) is 0.385. The lowest BCUT2D eigenvalue weighted by Crippen LogP contribution is -2.26. The zero-order valence-corrected chi connectivity index (χ0v) is 10.8. The maximum Gasteiger partial charge on any atom is 0.156 e. The summed E-state index contributed by atoms with van der Waals surface area (Å²) in [5.74, 6) is 1.28. The molecule has 4 nitrogen and oxygen atoms in total. The molecule has 0 radical (unpaired) electrons. The monoisotopic (exact) mass is 263 g/mol. The van der Waals surface area contributed by atoms with Crippen LogP contribution in [0.1, 0.15) is 6.92 Å². The molecule has 0 spiro atoms. The van der Waals surface area contributed by atoms with Crippen molar-refractivity contribution >= 4 is 28.2 Å². The Morgan fingerprint density at radius 1 is 1.39 bits per heavy atom. The Kier molecular flexibility index (Phi) is 3.06. The zero-order chi connectivity index (χ0) is 12.5. The number of nitrogens with zero attached hydrogens (tertiary/aromatic N) is 2. The molecule has 1 aromatic heterocycles. The van der Waals surface area contributed by atoms with E-state index in [0.717, 1.165) is 23.2 Å². The Bertz CT molecular complexity index is 575. The van der Waals surface area contributed by atoms with E-state index >= 15 is 0 Å². The van der Waals surface area contributed by atoms with Gasteiger partial charge in [0, 0.05) is 21.7 Å². The SMILES string of the molecule is CC1COCC1Nc1nncc2cc(Cl)ccc12. The van der Waals surface area contributed by atoms with Crippen LogP contribution in [0.25, 0.3) is 10.8 Å². The van der Waals surface area contributed by atoms with Crippen LogP contribution in [0.3, 0.4) is 0 Å². The number of fused-ring (bicyclic) bond motifs is 1. The van der Waals surface area contributed by atoms with Crippen LogP contribution in [0.15, 0.2) is 24.4 Å². The molecule has 94 valence electrons. The van der Waals surface area contributed by atoms with Gasteiger partial charge in [0.15, 0.2) is 5.82 Å². The number of rotatable bonds is 2. The highest BCUT2D eigenvalue weighted by Gasteiger charge is 2.24. The first-order valence-corrected chi connectivity index (χ1v) is 6.37. The third-order valence-corrected chi connectivity index (χ3v) is 3.55. The second-order valence-electron chi connectivity index (χ2n) is 4.69. The van der Waals surface area contributed by atoms with Gasteiger partial charge in [-0.05, 0) is 18.2 Å². The Morgan fingerprint density at radius 3 is 3.06 bits per heavy atom. The highest BCUT2D eigenvalue weighted by atomic mass is 35.5. The van der Waals surface area contributed by atoms with E-state index < -0.39 is 0 Å². The molecule has 0 saturated carbocycles. The summed E-state index contributed by atoms with van der Waals surface area (Å²) in [4.78, 5) is 0. The molecule has 1 fully saturated rings. The molecule has 1 saturated heterocycles. The summed E-state index contributed by atoms with van der Waals surface area (Å²) < 4.78 is 5.44. The first-order chi connectivity index (χ1) is 8.74. The van der Waals surface area contributed by atoms with Gasteiger partial charge in [0.2, 0.25) is 0 Å². The van der Waals surface area contributed by atoms with Gasteiger partial charge in [-0.25, -0.2) is 0 Å². The van der Waals surface area contributed by atoms with Gasteiger partial charge in [-0.3, -0.25) is 0 Å². The predicted octanol–water partition coefficient (Wildman–Crippen LogP) is 2.73. The van der Waals surface area contributed by atoms with E-state index in [1.807, 2.05) is 18.2 Å². The predicted molar refractivity (Wildman–Crippen MR) is 71.9 cm³/mol. The van der Waals surface area contributed by atoms with Gasteiger partial charge in [-0.2, -0.15) is 5.10 Å². The summed E-state index contributed by atoms with van der Waals surface area (Å²) in [6.45, 7) is 3.68. The molecule has 0 amide bonds. The lowest BCUT2D eigenvalue weighted by Gasteiger charge is -2.16. The molecule has 3 rings (SSSR count). The van der Waals surface area contributed by atoms with Crippen molar-refractivity contribution in [1.29, 1.82) is 0 Å². The fourth-order valence-corrected chi connectivity index (χ4v) is 2.37. The second kappa shape index (κ2) is 4.71. The molecule has 1 aliphatic heterocycles. The largest absolute Gasteiger partial charge is 0.379 e. The van der Waals surface area contributed by atoms with Crippen molar-refractivity contribution < 1.29 is 4.74 Å². The third kappa shape index (κ3) is 2.13. The molecular formula is C13H14ClN3O. The summed E-state index contributed by atoms with van der Waals surface area (Å²) in [5.41, 5.74) is 0. The molecule has 1 aromatic carbocycles. The van der Waals surface area contributed by atoms with Crippen LogP contribution in [0, 0.1) is 5.92 Å². The molecule has 2 aromatic rings. The van der Waals surface area contributed by atoms with Crippen LogP contribution in [0.4, 0.5) is 5.82 Å². The molecule has 5 heteroatoms. The Balaban J connectivity index is 1.96. The smallest absolute Gasteiger partial charge is 0.156 e. The van der Waals surface area contributed by atoms with Gasteiger partial charge in [-0.1, -0.05) is 18.5 Å². The molecular weight excluding hydrogens is 250 g/mol. The van der Waals surface area contributed by atoms with Crippen LogP contribution in [-0.2, 0) is 4.74 Å². The minimum absolute atomic E-state index is 0.292. The van der Waals surface area contributed by atoms with E-state index in [9.17, 15) is 0 Å². The van der Waals surface area contributed by atoms with Crippen LogP contribution >= 0.6 is 11.6 Å². The van der Waals surface area contributed by atoms with Crippen molar-refractivity contribution in [2.45, 2.75) is 13.0 Å². The van der Waals surface area contributed by atoms with E-state index in [1.54, 1.807) is 6.20 Å². The lowest BCUT2D eigenvalue weighted by atomic mass is 10.1. The Labute approximate surface area is 110 Å². The van der Waals surface area contributed by atoms with Gasteiger partial charge < -0.3 is 10.1 Å². The summed E-state index contributed by atoms with van der Waals surface area (Å²) in [7, 11) is 0. The van der Waals surface area contributed by atoms with Gasteiger partial charge in [0.25, 0.3) is 0 Å². The number of halogens is 1. The quantitative estimate of drug-likeness (QED) is 0.905. The van der Waals surface area contributed by atoms with Gasteiger partial charge in [0.1, 0.15) is 0 Å². The van der Waals surface area contributed by atoms with Crippen molar-refractivity contribution in [2.75, 3.05) is 18.5 Å². The number of benzene rings is 1. The third-order valence-electron chi connectivity index (χ3n) is 3.31. The lowest BCUT2D eigenvalue weighted by molar-refractivity contribution is 0.187. The topological polar surface area (TPSA) is 47.0 Å². The summed E-state index contributed by atoms with van der Waals surface area (Å²) in [5, 5.41) is 14.3. The van der Waals surface area contributed by atoms with E-state index in [1.165, 1.54) is 0 Å². The van der Waals surface area contributed by atoms with Crippen molar-refractivity contribution in [3.05, 3.63) is 29.4 Å². The number of aromatic nitrogens is 2. The van der Waals surface area contributed by atoms with Gasteiger partial charge >= 0.3 is 0 Å². The number of hydrogen-bond acceptors (Lipinski definition) is 4. The molecule has 2 unspecified atom stereocenters. The molecule has 0 aliphatic carbocycles. The van der Waals surface area contributed by atoms with E-state index in [0.29, 0.717) is 23.6 Å². The summed E-state index contributed by atoms with van der Waals surface area (Å²) in [6.07, 6.45) is 1.72. The number of hydrogen-bond donors (Lipinski definition) is 1. The molecule has 2 heterocycles. The standard InChI is InChI=1S/C13H14ClN3O/c1-8-6-18-7-12(8)16-13-11-3-2-10(14)4-9(11)5-15-17-13/h2-5,8,12H,6-7H2,1H3,(H,16,17). The van der Waals surface area contributed by atoms with E-state index in [2.05, 4.69) is 22.4 Å². The molecule has 0 bridgehead atoms. The molecule has 18 heavy (non-hydrogen) atoms. The minimum Gasteiger partial charge on any atom is -0.379 e. The molecule has 2 atom stereocenters. The van der Waals surface area contributed by atoms with E-state index in [-0.39, 0.29) is 0 Å². The summed E-state index contributed by atoms with van der Waals surface area (Å²) >= 11 is 5.98. The maximum atomic E-state index is 5.98. The van der Waals surface area contributed by atoms with Crippen LogP contribution in [0.2, 0.25) is 5.02 Å². The Hall–Kier alpha value is -1.39. The van der Waals surface area contributed by atoms with Crippen molar-refractivity contribution in [2.24, 2.45) is 5.92 Å². The highest BCUT2D eigenvalue weighted by molar-refractivity contribution is 6.31. The fourth-order valence-electron chi connectivity index (χ4n) is 2.19. The number of nitrogens with one attached hydrogen (secondary N) is 1. The maximum absolute atomic E-state index is 5.98. The average Bonchev–Trinajstić information content (AvgIpc) is 2.75. The number of ether oxygens (including phenoxy) is 1. The number of anilines is 1. The Morgan fingerprint density at radius 2 is 2.28 bits per heavy atom. The normalized spacial score (nSPS) is 23.4. The molecule has 1 aliphatic rings. The summed E-state index contributed by atoms with van der Waals surface area (Å²) in [6, 6.07) is 6.02. The minimum atomic E-state index is 0.292. The van der Waals surface area contributed by atoms with Crippen molar-refractivity contribution in [1.82, 2.24) is 10.2 Å². The van der Waals surface area contributed by atoms with Gasteiger partial charge in [-0.15, -0.1) is 5.10 Å². The van der Waals surface area contributed by atoms with E-state index in [4.69, 9.17) is 16.3 Å². The first kappa shape index (κ1) is 11.7.